The average Bonchev–Trinajstić information content (AvgIpc) is 3.16. The van der Waals surface area contributed by atoms with Gasteiger partial charge in [0.25, 0.3) is 0 Å². The fourth-order valence-electron chi connectivity index (χ4n) is 3.30. The summed E-state index contributed by atoms with van der Waals surface area (Å²) in [5.74, 6) is -0.200. The first-order valence-electron chi connectivity index (χ1n) is 9.74. The molecule has 0 unspecified atom stereocenters. The largest absolute Gasteiger partial charge is 0.312 e. The van der Waals surface area contributed by atoms with E-state index in [1.807, 2.05) is 53.3 Å². The van der Waals surface area contributed by atoms with Gasteiger partial charge in [-0.05, 0) is 48.4 Å². The van der Waals surface area contributed by atoms with Gasteiger partial charge in [-0.2, -0.15) is 5.10 Å². The zero-order valence-corrected chi connectivity index (χ0v) is 16.1. The zero-order valence-electron chi connectivity index (χ0n) is 16.1. The number of aromatic nitrogens is 3. The summed E-state index contributed by atoms with van der Waals surface area (Å²) in [7, 11) is 0. The molecule has 0 atom stereocenters. The van der Waals surface area contributed by atoms with Crippen molar-refractivity contribution in [3.63, 3.8) is 0 Å². The van der Waals surface area contributed by atoms with E-state index < -0.39 is 0 Å². The summed E-state index contributed by atoms with van der Waals surface area (Å²) in [6.45, 7) is 2.24. The molecule has 4 nitrogen and oxygen atoms in total. The Morgan fingerprint density at radius 1 is 0.897 bits per heavy atom. The topological polar surface area (TPSA) is 42.7 Å². The van der Waals surface area contributed by atoms with Crippen LogP contribution in [0.4, 0.5) is 4.39 Å². The Hall–Kier alpha value is -3.31. The van der Waals surface area contributed by atoms with Crippen molar-refractivity contribution in [1.29, 1.82) is 0 Å². The lowest BCUT2D eigenvalue weighted by Gasteiger charge is -2.05. The molecule has 1 N–H and O–H groups in total. The molecule has 0 amide bonds. The molecule has 0 aliphatic carbocycles. The molecule has 0 aliphatic rings. The maximum absolute atomic E-state index is 13.0. The van der Waals surface area contributed by atoms with E-state index in [4.69, 9.17) is 5.10 Å². The Kier molecular flexibility index (Phi) is 6.07. The molecule has 0 saturated heterocycles. The minimum atomic E-state index is -0.200. The zero-order chi connectivity index (χ0) is 19.9. The second-order valence-electron chi connectivity index (χ2n) is 6.98. The highest BCUT2D eigenvalue weighted by atomic mass is 19.1. The molecule has 5 heteroatoms. The first-order chi connectivity index (χ1) is 14.3. The van der Waals surface area contributed by atoms with Crippen molar-refractivity contribution >= 4 is 0 Å². The third-order valence-corrected chi connectivity index (χ3v) is 4.78. The first-order valence-corrected chi connectivity index (χ1v) is 9.74. The maximum Gasteiger partial charge on any atom is 0.123 e. The molecular formula is C24H23FN4. The SMILES string of the molecule is Fc1ccc(CCNCc2cn(Cc3ccccc3)nc2-c2cccnc2)cc1. The van der Waals surface area contributed by atoms with E-state index in [1.54, 1.807) is 6.20 Å². The molecule has 2 aromatic heterocycles. The molecule has 0 bridgehead atoms. The number of hydrogen-bond donors (Lipinski definition) is 1. The molecule has 0 saturated carbocycles. The lowest BCUT2D eigenvalue weighted by molar-refractivity contribution is 0.626. The Morgan fingerprint density at radius 2 is 1.72 bits per heavy atom. The normalized spacial score (nSPS) is 10.9. The van der Waals surface area contributed by atoms with Gasteiger partial charge in [-0.25, -0.2) is 4.39 Å². The van der Waals surface area contributed by atoms with Crippen LogP contribution in [0.1, 0.15) is 16.7 Å². The lowest BCUT2D eigenvalue weighted by Crippen LogP contribution is -2.16. The van der Waals surface area contributed by atoms with Crippen molar-refractivity contribution in [3.05, 3.63) is 108 Å². The van der Waals surface area contributed by atoms with Crippen LogP contribution in [0.25, 0.3) is 11.3 Å². The summed E-state index contributed by atoms with van der Waals surface area (Å²) in [5.41, 5.74) is 5.42. The summed E-state index contributed by atoms with van der Waals surface area (Å²) >= 11 is 0. The van der Waals surface area contributed by atoms with Crippen LogP contribution in [0.2, 0.25) is 0 Å². The van der Waals surface area contributed by atoms with Gasteiger partial charge in [0.2, 0.25) is 0 Å². The van der Waals surface area contributed by atoms with Crippen LogP contribution in [0.15, 0.2) is 85.3 Å². The predicted molar refractivity (Wildman–Crippen MR) is 113 cm³/mol. The van der Waals surface area contributed by atoms with Crippen molar-refractivity contribution in [2.45, 2.75) is 19.5 Å². The smallest absolute Gasteiger partial charge is 0.123 e. The third kappa shape index (κ3) is 5.15. The van der Waals surface area contributed by atoms with Gasteiger partial charge in [0.05, 0.1) is 12.2 Å². The second-order valence-corrected chi connectivity index (χ2v) is 6.98. The number of benzene rings is 2. The molecule has 146 valence electrons. The van der Waals surface area contributed by atoms with Crippen molar-refractivity contribution in [2.75, 3.05) is 6.54 Å². The molecule has 0 spiro atoms. The molecule has 0 aliphatic heterocycles. The summed E-state index contributed by atoms with van der Waals surface area (Å²) in [4.78, 5) is 4.24. The Balaban J connectivity index is 1.46. The van der Waals surface area contributed by atoms with Crippen LogP contribution in [-0.4, -0.2) is 21.3 Å². The maximum atomic E-state index is 13.0. The first kappa shape index (κ1) is 19.0. The molecule has 2 heterocycles. The highest BCUT2D eigenvalue weighted by Crippen LogP contribution is 2.21. The van der Waals surface area contributed by atoms with Crippen LogP contribution in [0, 0.1) is 5.82 Å². The Bertz CT molecular complexity index is 1030. The van der Waals surface area contributed by atoms with E-state index in [0.29, 0.717) is 6.54 Å². The summed E-state index contributed by atoms with van der Waals surface area (Å²) in [6.07, 6.45) is 6.56. The molecular weight excluding hydrogens is 363 g/mol. The van der Waals surface area contributed by atoms with E-state index in [0.717, 1.165) is 41.9 Å². The number of pyridine rings is 1. The van der Waals surface area contributed by atoms with Crippen molar-refractivity contribution < 1.29 is 4.39 Å². The number of rotatable bonds is 8. The fraction of sp³-hybridized carbons (Fsp3) is 0.167. The lowest BCUT2D eigenvalue weighted by atomic mass is 10.1. The van der Waals surface area contributed by atoms with Crippen LogP contribution in [0.5, 0.6) is 0 Å². The highest BCUT2D eigenvalue weighted by Gasteiger charge is 2.11. The molecule has 0 fully saturated rings. The number of nitrogens with zero attached hydrogens (tertiary/aromatic N) is 3. The molecule has 4 aromatic rings. The highest BCUT2D eigenvalue weighted by molar-refractivity contribution is 5.61. The average molecular weight is 386 g/mol. The summed E-state index contributed by atoms with van der Waals surface area (Å²) < 4.78 is 15.0. The van der Waals surface area contributed by atoms with Gasteiger partial charge >= 0.3 is 0 Å². The standard InChI is InChI=1S/C24H23FN4/c25-23-10-8-19(9-11-23)12-14-27-16-22-18-29(17-20-5-2-1-3-6-20)28-24(22)21-7-4-13-26-15-21/h1-11,13,15,18,27H,12,14,16-17H2. The van der Waals surface area contributed by atoms with E-state index in [2.05, 4.69) is 28.6 Å². The van der Waals surface area contributed by atoms with Crippen LogP contribution in [-0.2, 0) is 19.5 Å². The van der Waals surface area contributed by atoms with Crippen LogP contribution in [0.3, 0.4) is 0 Å². The minimum absolute atomic E-state index is 0.200. The molecule has 29 heavy (non-hydrogen) atoms. The van der Waals surface area contributed by atoms with Gasteiger partial charge in [0.1, 0.15) is 5.82 Å². The quantitative estimate of drug-likeness (QED) is 0.455. The van der Waals surface area contributed by atoms with E-state index in [-0.39, 0.29) is 5.82 Å². The van der Waals surface area contributed by atoms with Gasteiger partial charge in [0, 0.05) is 36.3 Å². The van der Waals surface area contributed by atoms with Gasteiger partial charge in [-0.1, -0.05) is 42.5 Å². The third-order valence-electron chi connectivity index (χ3n) is 4.78. The van der Waals surface area contributed by atoms with Gasteiger partial charge in [0.15, 0.2) is 0 Å². The van der Waals surface area contributed by atoms with Crippen molar-refractivity contribution in [3.8, 4) is 11.3 Å². The van der Waals surface area contributed by atoms with Crippen LogP contribution >= 0.6 is 0 Å². The van der Waals surface area contributed by atoms with Crippen LogP contribution < -0.4 is 5.32 Å². The Labute approximate surface area is 170 Å². The number of hydrogen-bond acceptors (Lipinski definition) is 3. The van der Waals surface area contributed by atoms with Gasteiger partial charge in [-0.15, -0.1) is 0 Å². The van der Waals surface area contributed by atoms with Crippen molar-refractivity contribution in [1.82, 2.24) is 20.1 Å². The molecule has 0 radical (unpaired) electrons. The van der Waals surface area contributed by atoms with E-state index in [1.165, 1.54) is 17.7 Å². The van der Waals surface area contributed by atoms with Gasteiger partial charge < -0.3 is 5.32 Å². The summed E-state index contributed by atoms with van der Waals surface area (Å²) in [5, 5.41) is 8.30. The van der Waals surface area contributed by atoms with Gasteiger partial charge in [-0.3, -0.25) is 9.67 Å². The second kappa shape index (κ2) is 9.26. The molecule has 4 rings (SSSR count). The Morgan fingerprint density at radius 3 is 2.48 bits per heavy atom. The predicted octanol–water partition coefficient (Wildman–Crippen LogP) is 4.46. The summed E-state index contributed by atoms with van der Waals surface area (Å²) in [6, 6.07) is 20.9. The number of halogens is 1. The monoisotopic (exact) mass is 386 g/mol. The fourth-order valence-corrected chi connectivity index (χ4v) is 3.30. The van der Waals surface area contributed by atoms with E-state index >= 15 is 0 Å². The van der Waals surface area contributed by atoms with E-state index in [9.17, 15) is 4.39 Å². The van der Waals surface area contributed by atoms with Crippen molar-refractivity contribution in [2.24, 2.45) is 0 Å². The minimum Gasteiger partial charge on any atom is -0.312 e. The molecule has 2 aromatic carbocycles. The number of nitrogens with one attached hydrogen (secondary N) is 1.